The number of hydrogen-bond acceptors (Lipinski definition) is 7. The van der Waals surface area contributed by atoms with Crippen molar-refractivity contribution in [2.24, 2.45) is 0 Å². The summed E-state index contributed by atoms with van der Waals surface area (Å²) >= 11 is 0. The summed E-state index contributed by atoms with van der Waals surface area (Å²) in [5.74, 6) is -0.950. The van der Waals surface area contributed by atoms with Crippen molar-refractivity contribution in [1.29, 1.82) is 0 Å². The van der Waals surface area contributed by atoms with E-state index >= 15 is 0 Å². The third-order valence-electron chi connectivity index (χ3n) is 4.00. The van der Waals surface area contributed by atoms with Crippen LogP contribution in [-0.2, 0) is 14.4 Å². The van der Waals surface area contributed by atoms with Crippen molar-refractivity contribution in [1.82, 2.24) is 10.6 Å². The van der Waals surface area contributed by atoms with Gasteiger partial charge in [-0.05, 0) is 32.6 Å². The first-order valence-electron chi connectivity index (χ1n) is 8.76. The highest BCUT2D eigenvalue weighted by molar-refractivity contribution is 8.77. The minimum absolute atomic E-state index is 0.0114. The summed E-state index contributed by atoms with van der Waals surface area (Å²) in [5.41, 5.74) is 0. The highest BCUT2D eigenvalue weighted by Gasteiger charge is 2.24. The smallest absolute Gasteiger partial charge is 0.325 e. The Morgan fingerprint density at radius 1 is 1.15 bits per heavy atom. The molecule has 1 fully saturated rings. The molecule has 0 aromatic carbocycles. The van der Waals surface area contributed by atoms with Gasteiger partial charge in [0.25, 0.3) is 0 Å². The molecule has 1 aliphatic heterocycles. The highest BCUT2D eigenvalue weighted by atomic mass is 33.1. The Bertz CT molecular complexity index is 472. The average Bonchev–Trinajstić information content (AvgIpc) is 3.08. The minimum Gasteiger partial charge on any atom is -0.480 e. The summed E-state index contributed by atoms with van der Waals surface area (Å²) in [4.78, 5) is 35.1. The molecule has 3 atom stereocenters. The Hall–Kier alpha value is -0.970. The molecule has 1 saturated heterocycles. The lowest BCUT2D eigenvalue weighted by Crippen LogP contribution is -2.51. The molecular weight excluding hydrogens is 380 g/mol. The molecule has 1 heterocycles. The van der Waals surface area contributed by atoms with E-state index < -0.39 is 30.3 Å². The van der Waals surface area contributed by atoms with Crippen LogP contribution in [0.5, 0.6) is 0 Å². The lowest BCUT2D eigenvalue weighted by molar-refractivity contribution is -0.141. The fraction of sp³-hybridized carbons (Fsp3) is 0.812. The number of rotatable bonds is 12. The molecule has 0 aromatic heterocycles. The zero-order chi connectivity index (χ0) is 19.5. The highest BCUT2D eigenvalue weighted by Crippen LogP contribution is 2.39. The second-order valence-corrected chi connectivity index (χ2v) is 9.11. The van der Waals surface area contributed by atoms with E-state index in [1.807, 2.05) is 21.6 Å². The first-order valence-corrected chi connectivity index (χ1v) is 11.1. The summed E-state index contributed by atoms with van der Waals surface area (Å²) in [5, 5.41) is 32.3. The maximum atomic E-state index is 12.2. The van der Waals surface area contributed by atoms with Crippen LogP contribution < -0.4 is 10.6 Å². The predicted octanol–water partition coefficient (Wildman–Crippen LogP) is 0.865. The van der Waals surface area contributed by atoms with Crippen LogP contribution in [0.1, 0.15) is 51.9 Å². The third kappa shape index (κ3) is 9.65. The molecule has 0 unspecified atom stereocenters. The molecule has 0 saturated carbocycles. The number of aliphatic carboxylic acids is 1. The van der Waals surface area contributed by atoms with E-state index in [4.69, 9.17) is 15.3 Å². The van der Waals surface area contributed by atoms with Gasteiger partial charge in [-0.1, -0.05) is 28.0 Å². The molecule has 0 aromatic rings. The molecule has 26 heavy (non-hydrogen) atoms. The minimum atomic E-state index is -1.60. The summed E-state index contributed by atoms with van der Waals surface area (Å²) in [7, 11) is 3.78. The van der Waals surface area contributed by atoms with Gasteiger partial charge < -0.3 is 26.0 Å². The van der Waals surface area contributed by atoms with Crippen LogP contribution in [0.2, 0.25) is 0 Å². The van der Waals surface area contributed by atoms with Crippen LogP contribution >= 0.6 is 21.6 Å². The number of aliphatic hydroxyl groups is 2. The number of hydrogen-bond donors (Lipinski definition) is 5. The van der Waals surface area contributed by atoms with Gasteiger partial charge in [-0.2, -0.15) is 0 Å². The molecule has 0 bridgehead atoms. The fourth-order valence-corrected chi connectivity index (χ4v) is 5.48. The molecule has 2 amide bonds. The summed E-state index contributed by atoms with van der Waals surface area (Å²) in [6.07, 6.45) is 2.53. The maximum Gasteiger partial charge on any atom is 0.325 e. The zero-order valence-electron chi connectivity index (χ0n) is 14.8. The SMILES string of the molecule is C[C@H](NC(=O)[C@H](CCC(O)O)NC(=O)CCCC[C@@H]1CCSS1)C(=O)O. The van der Waals surface area contributed by atoms with Crippen LogP contribution in [0.25, 0.3) is 0 Å². The van der Waals surface area contributed by atoms with Crippen molar-refractivity contribution in [2.45, 2.75) is 75.5 Å². The van der Waals surface area contributed by atoms with E-state index in [0.717, 1.165) is 19.3 Å². The van der Waals surface area contributed by atoms with Crippen molar-refractivity contribution >= 4 is 39.4 Å². The predicted molar refractivity (Wildman–Crippen MR) is 102 cm³/mol. The number of amides is 2. The van der Waals surface area contributed by atoms with Gasteiger partial charge in [0, 0.05) is 23.8 Å². The van der Waals surface area contributed by atoms with Gasteiger partial charge in [0.2, 0.25) is 11.8 Å². The Balaban J connectivity index is 2.39. The number of carboxylic acids is 1. The first-order chi connectivity index (χ1) is 12.3. The van der Waals surface area contributed by atoms with Crippen LogP contribution in [0.15, 0.2) is 0 Å². The van der Waals surface area contributed by atoms with Crippen molar-refractivity contribution < 1.29 is 29.7 Å². The van der Waals surface area contributed by atoms with Gasteiger partial charge in [-0.3, -0.25) is 14.4 Å². The molecule has 8 nitrogen and oxygen atoms in total. The zero-order valence-corrected chi connectivity index (χ0v) is 16.5. The Morgan fingerprint density at radius 3 is 2.46 bits per heavy atom. The van der Waals surface area contributed by atoms with Gasteiger partial charge in [0.15, 0.2) is 6.29 Å². The Kier molecular flexibility index (Phi) is 11.0. The molecule has 150 valence electrons. The maximum absolute atomic E-state index is 12.2. The van der Waals surface area contributed by atoms with Crippen molar-refractivity contribution in [3.8, 4) is 0 Å². The molecule has 1 aliphatic rings. The van der Waals surface area contributed by atoms with Crippen molar-refractivity contribution in [3.63, 3.8) is 0 Å². The van der Waals surface area contributed by atoms with Gasteiger partial charge in [-0.25, -0.2) is 0 Å². The Labute approximate surface area is 161 Å². The van der Waals surface area contributed by atoms with Gasteiger partial charge in [-0.15, -0.1) is 0 Å². The van der Waals surface area contributed by atoms with Gasteiger partial charge in [0.05, 0.1) is 0 Å². The summed E-state index contributed by atoms with van der Waals surface area (Å²) in [6.45, 7) is 1.32. The molecule has 1 rings (SSSR count). The molecule has 0 aliphatic carbocycles. The van der Waals surface area contributed by atoms with Gasteiger partial charge >= 0.3 is 5.97 Å². The van der Waals surface area contributed by atoms with Crippen LogP contribution in [0.4, 0.5) is 0 Å². The first kappa shape index (κ1) is 23.1. The molecule has 5 N–H and O–H groups in total. The Morgan fingerprint density at radius 2 is 1.88 bits per heavy atom. The van der Waals surface area contributed by atoms with E-state index in [-0.39, 0.29) is 25.2 Å². The van der Waals surface area contributed by atoms with Crippen LogP contribution in [0.3, 0.4) is 0 Å². The van der Waals surface area contributed by atoms with E-state index in [1.54, 1.807) is 0 Å². The number of unbranched alkanes of at least 4 members (excludes halogenated alkanes) is 1. The average molecular weight is 409 g/mol. The number of aliphatic hydroxyl groups excluding tert-OH is 1. The number of carbonyl (C=O) groups excluding carboxylic acids is 2. The second-order valence-electron chi connectivity index (χ2n) is 6.32. The standard InChI is InChI=1S/C16H28N2O6S2/c1-10(16(23)24)17-15(22)12(6-7-14(20)21)18-13(19)5-3-2-4-11-8-9-25-26-11/h10-12,14,20-21H,2-9H2,1H3,(H,17,22)(H,18,19)(H,23,24)/t10-,11+,12-/m0/s1. The van der Waals surface area contributed by atoms with E-state index in [2.05, 4.69) is 10.6 Å². The van der Waals surface area contributed by atoms with Gasteiger partial charge in [0.1, 0.15) is 12.1 Å². The largest absolute Gasteiger partial charge is 0.480 e. The molecule has 0 radical (unpaired) electrons. The molecule has 10 heteroatoms. The number of carboxylic acid groups (broad SMARTS) is 1. The fourth-order valence-electron chi connectivity index (χ4n) is 2.45. The lowest BCUT2D eigenvalue weighted by atomic mass is 10.1. The third-order valence-corrected chi connectivity index (χ3v) is 7.01. The van der Waals surface area contributed by atoms with E-state index in [0.29, 0.717) is 5.25 Å². The quantitative estimate of drug-likeness (QED) is 0.182. The number of carbonyl (C=O) groups is 3. The lowest BCUT2D eigenvalue weighted by Gasteiger charge is -2.20. The van der Waals surface area contributed by atoms with Crippen molar-refractivity contribution in [2.75, 3.05) is 5.75 Å². The number of nitrogens with one attached hydrogen (secondary N) is 2. The molecular formula is C16H28N2O6S2. The molecule has 0 spiro atoms. The normalized spacial score (nSPS) is 19.2. The summed E-state index contributed by atoms with van der Waals surface area (Å²) < 4.78 is 0. The monoisotopic (exact) mass is 408 g/mol. The topological polar surface area (TPSA) is 136 Å². The van der Waals surface area contributed by atoms with Crippen molar-refractivity contribution in [3.05, 3.63) is 0 Å². The van der Waals surface area contributed by atoms with E-state index in [9.17, 15) is 14.4 Å². The second kappa shape index (κ2) is 12.4. The van der Waals surface area contributed by atoms with Crippen LogP contribution in [-0.4, -0.2) is 62.5 Å². The summed E-state index contributed by atoms with van der Waals surface area (Å²) in [6, 6.07) is -2.09. The van der Waals surface area contributed by atoms with Crippen LogP contribution in [0, 0.1) is 0 Å². The van der Waals surface area contributed by atoms with E-state index in [1.165, 1.54) is 19.1 Å².